The predicted molar refractivity (Wildman–Crippen MR) is 108 cm³/mol. The highest BCUT2D eigenvalue weighted by atomic mass is 32.1. The first-order chi connectivity index (χ1) is 13.3. The fourth-order valence-corrected chi connectivity index (χ4v) is 3.38. The molecule has 0 fully saturated rings. The Labute approximate surface area is 165 Å². The van der Waals surface area contributed by atoms with E-state index < -0.39 is 11.5 Å². The Morgan fingerprint density at radius 2 is 2.04 bits per heavy atom. The van der Waals surface area contributed by atoms with Crippen LogP contribution in [0.1, 0.15) is 20.8 Å². The summed E-state index contributed by atoms with van der Waals surface area (Å²) in [6.07, 6.45) is 1.46. The number of carboxylic acid groups (broad SMARTS) is 1. The second kappa shape index (κ2) is 9.01. The van der Waals surface area contributed by atoms with Crippen LogP contribution in [0.4, 0.5) is 11.4 Å². The van der Waals surface area contributed by atoms with E-state index in [0.717, 1.165) is 11.3 Å². The Morgan fingerprint density at radius 3 is 2.61 bits per heavy atom. The molecule has 0 aliphatic rings. The van der Waals surface area contributed by atoms with Gasteiger partial charge >= 0.3 is 5.97 Å². The first-order valence-electron chi connectivity index (χ1n) is 8.53. The van der Waals surface area contributed by atoms with Crippen LogP contribution in [0.3, 0.4) is 0 Å². The van der Waals surface area contributed by atoms with Gasteiger partial charge in [-0.2, -0.15) is 5.26 Å². The minimum atomic E-state index is -1.38. The Bertz CT molecular complexity index is 1120. The number of carbonyl (C=O) groups is 2. The molecule has 2 aromatic rings. The van der Waals surface area contributed by atoms with Gasteiger partial charge in [-0.25, -0.2) is 4.79 Å². The highest BCUT2D eigenvalue weighted by Crippen LogP contribution is 2.15. The van der Waals surface area contributed by atoms with E-state index in [1.165, 1.54) is 10.8 Å². The zero-order valence-corrected chi connectivity index (χ0v) is 16.5. The lowest BCUT2D eigenvalue weighted by Crippen LogP contribution is -2.32. The van der Waals surface area contributed by atoms with E-state index in [0.29, 0.717) is 11.4 Å². The van der Waals surface area contributed by atoms with Gasteiger partial charge in [-0.3, -0.25) is 14.2 Å². The second-order valence-electron chi connectivity index (χ2n) is 6.13. The number of nitrogens with one attached hydrogen (secondary N) is 2. The normalized spacial score (nSPS) is 12.5. The molecule has 28 heavy (non-hydrogen) atoms. The Hall–Kier alpha value is -3.38. The molecular weight excluding hydrogens is 380 g/mol. The fraction of sp³-hybridized carbons (Fsp3) is 0.263. The van der Waals surface area contributed by atoms with Crippen molar-refractivity contribution in [2.75, 3.05) is 10.6 Å². The summed E-state index contributed by atoms with van der Waals surface area (Å²) in [4.78, 5) is 35.6. The lowest BCUT2D eigenvalue weighted by Gasteiger charge is -2.09. The number of hydrogen-bond acceptors (Lipinski definition) is 6. The maximum atomic E-state index is 12.5. The number of aromatic nitrogens is 1. The summed E-state index contributed by atoms with van der Waals surface area (Å²) < 4.78 is 1.63. The first-order valence-corrected chi connectivity index (χ1v) is 9.35. The molecule has 2 rings (SSSR count). The molecule has 1 amide bonds. The third kappa shape index (κ3) is 4.66. The number of anilines is 2. The van der Waals surface area contributed by atoms with Gasteiger partial charge in [0.2, 0.25) is 5.91 Å². The monoisotopic (exact) mass is 400 g/mol. The number of thiazole rings is 1. The zero-order valence-electron chi connectivity index (χ0n) is 15.6. The SMILES string of the molecule is CCn1c(=O)/c(=C\Nc2cccc(NC(=O)C(C)C)c2)s/c1=C(/C#N)C(=O)O. The van der Waals surface area contributed by atoms with Crippen LogP contribution in [0, 0.1) is 17.2 Å². The molecule has 1 heterocycles. The van der Waals surface area contributed by atoms with Crippen molar-refractivity contribution >= 4 is 46.4 Å². The fourth-order valence-electron chi connectivity index (χ4n) is 2.30. The molecule has 9 heteroatoms. The summed E-state index contributed by atoms with van der Waals surface area (Å²) in [5.41, 5.74) is 0.401. The van der Waals surface area contributed by atoms with E-state index in [4.69, 9.17) is 10.4 Å². The van der Waals surface area contributed by atoms with Crippen LogP contribution in [0.5, 0.6) is 0 Å². The van der Waals surface area contributed by atoms with Crippen LogP contribution in [-0.4, -0.2) is 21.6 Å². The summed E-state index contributed by atoms with van der Waals surface area (Å²) in [5.74, 6) is -1.64. The molecule has 1 aromatic carbocycles. The van der Waals surface area contributed by atoms with Gasteiger partial charge in [-0.1, -0.05) is 19.9 Å². The van der Waals surface area contributed by atoms with E-state index in [1.54, 1.807) is 51.1 Å². The standard InChI is InChI=1S/C19H20N4O4S/c1-4-23-17(25)15(28-18(23)14(9-20)19(26)27)10-21-12-6-5-7-13(8-12)22-16(24)11(2)3/h5-8,10-11,21H,4H2,1-3H3,(H,22,24)(H,26,27)/b15-10+,18-14-. The van der Waals surface area contributed by atoms with Crippen molar-refractivity contribution < 1.29 is 14.7 Å². The second-order valence-corrected chi connectivity index (χ2v) is 7.16. The average molecular weight is 400 g/mol. The van der Waals surface area contributed by atoms with E-state index in [1.807, 2.05) is 0 Å². The Morgan fingerprint density at radius 1 is 1.36 bits per heavy atom. The van der Waals surface area contributed by atoms with Crippen LogP contribution in [0.15, 0.2) is 29.1 Å². The van der Waals surface area contributed by atoms with Gasteiger partial charge < -0.3 is 15.7 Å². The molecule has 0 saturated carbocycles. The van der Waals surface area contributed by atoms with Gasteiger partial charge in [0.05, 0.1) is 0 Å². The zero-order chi connectivity index (χ0) is 20.8. The highest BCUT2D eigenvalue weighted by Gasteiger charge is 2.13. The lowest BCUT2D eigenvalue weighted by atomic mass is 10.2. The third-order valence-corrected chi connectivity index (χ3v) is 4.92. The van der Waals surface area contributed by atoms with E-state index in [-0.39, 0.29) is 33.1 Å². The van der Waals surface area contributed by atoms with Crippen molar-refractivity contribution in [3.63, 3.8) is 0 Å². The number of nitrogens with zero attached hydrogens (tertiary/aromatic N) is 2. The van der Waals surface area contributed by atoms with Crippen molar-refractivity contribution in [3.8, 4) is 6.07 Å². The number of nitriles is 1. The number of carbonyl (C=O) groups excluding carboxylic acids is 1. The summed E-state index contributed by atoms with van der Waals surface area (Å²) in [5, 5.41) is 24.0. The first kappa shape index (κ1) is 20.9. The van der Waals surface area contributed by atoms with Crippen LogP contribution in [0.25, 0.3) is 11.8 Å². The molecule has 0 aliphatic heterocycles. The number of amides is 1. The molecule has 0 bridgehead atoms. The van der Waals surface area contributed by atoms with E-state index in [9.17, 15) is 14.4 Å². The minimum Gasteiger partial charge on any atom is -0.477 e. The molecule has 0 spiro atoms. The molecule has 3 N–H and O–H groups in total. The molecule has 1 aromatic heterocycles. The predicted octanol–water partition coefficient (Wildman–Crippen LogP) is 1.13. The largest absolute Gasteiger partial charge is 0.477 e. The van der Waals surface area contributed by atoms with Crippen LogP contribution in [-0.2, 0) is 16.1 Å². The summed E-state index contributed by atoms with van der Waals surface area (Å²) in [6, 6.07) is 8.62. The molecule has 8 nitrogen and oxygen atoms in total. The molecule has 0 unspecified atom stereocenters. The summed E-state index contributed by atoms with van der Waals surface area (Å²) in [6.45, 7) is 5.53. The number of benzene rings is 1. The van der Waals surface area contributed by atoms with Crippen molar-refractivity contribution in [2.24, 2.45) is 5.92 Å². The van der Waals surface area contributed by atoms with Crippen LogP contribution < -0.4 is 25.4 Å². The number of hydrogen-bond donors (Lipinski definition) is 3. The quantitative estimate of drug-likeness (QED) is 0.668. The lowest BCUT2D eigenvalue weighted by molar-refractivity contribution is -0.130. The van der Waals surface area contributed by atoms with Crippen LogP contribution in [0.2, 0.25) is 0 Å². The number of carboxylic acids is 1. The molecule has 146 valence electrons. The van der Waals surface area contributed by atoms with Gasteiger partial charge in [-0.15, -0.1) is 11.3 Å². The summed E-state index contributed by atoms with van der Waals surface area (Å²) >= 11 is 0.932. The number of aliphatic carboxylic acids is 1. The summed E-state index contributed by atoms with van der Waals surface area (Å²) in [7, 11) is 0. The number of rotatable bonds is 6. The van der Waals surface area contributed by atoms with Crippen molar-refractivity contribution in [1.82, 2.24) is 4.57 Å². The van der Waals surface area contributed by atoms with Crippen molar-refractivity contribution in [2.45, 2.75) is 27.3 Å². The molecule has 0 radical (unpaired) electrons. The average Bonchev–Trinajstić information content (AvgIpc) is 2.96. The maximum absolute atomic E-state index is 12.5. The molecule has 0 saturated heterocycles. The molecule has 0 aliphatic carbocycles. The van der Waals surface area contributed by atoms with Crippen LogP contribution >= 0.6 is 11.3 Å². The van der Waals surface area contributed by atoms with E-state index >= 15 is 0 Å². The molecular formula is C19H20N4O4S. The highest BCUT2D eigenvalue weighted by molar-refractivity contribution is 7.07. The van der Waals surface area contributed by atoms with Gasteiger partial charge in [0.25, 0.3) is 5.56 Å². The van der Waals surface area contributed by atoms with Gasteiger partial charge in [0, 0.05) is 30.0 Å². The Balaban J connectivity index is 2.42. The minimum absolute atomic E-state index is 0.105. The Kier molecular flexibility index (Phi) is 6.74. The maximum Gasteiger partial charge on any atom is 0.349 e. The van der Waals surface area contributed by atoms with Gasteiger partial charge in [0.1, 0.15) is 15.3 Å². The van der Waals surface area contributed by atoms with Gasteiger partial charge in [-0.05, 0) is 25.1 Å². The van der Waals surface area contributed by atoms with Crippen molar-refractivity contribution in [1.29, 1.82) is 5.26 Å². The van der Waals surface area contributed by atoms with Crippen molar-refractivity contribution in [3.05, 3.63) is 43.8 Å². The molecule has 0 atom stereocenters. The topological polar surface area (TPSA) is 124 Å². The van der Waals surface area contributed by atoms with E-state index in [2.05, 4.69) is 10.6 Å². The van der Waals surface area contributed by atoms with Gasteiger partial charge in [0.15, 0.2) is 5.57 Å². The smallest absolute Gasteiger partial charge is 0.349 e. The third-order valence-electron chi connectivity index (χ3n) is 3.79.